The van der Waals surface area contributed by atoms with Crippen molar-refractivity contribution in [1.82, 2.24) is 4.72 Å². The summed E-state index contributed by atoms with van der Waals surface area (Å²) in [6.07, 6.45) is 1.47. The molecule has 0 amide bonds. The molecule has 2 rings (SSSR count). The van der Waals surface area contributed by atoms with E-state index in [1.165, 1.54) is 12.1 Å². The lowest BCUT2D eigenvalue weighted by atomic mass is 9.90. The molecule has 1 aliphatic carbocycles. The minimum atomic E-state index is -3.64. The van der Waals surface area contributed by atoms with E-state index in [-0.39, 0.29) is 22.8 Å². The molecule has 1 fully saturated rings. The van der Waals surface area contributed by atoms with Gasteiger partial charge in [-0.1, -0.05) is 12.1 Å². The van der Waals surface area contributed by atoms with E-state index >= 15 is 0 Å². The summed E-state index contributed by atoms with van der Waals surface area (Å²) in [5.41, 5.74) is 0. The Balaban J connectivity index is 2.08. The third-order valence-electron chi connectivity index (χ3n) is 2.90. The number of methoxy groups -OCH3 is 1. The van der Waals surface area contributed by atoms with Gasteiger partial charge in [0.25, 0.3) is 0 Å². The van der Waals surface area contributed by atoms with Crippen LogP contribution in [0.1, 0.15) is 12.8 Å². The van der Waals surface area contributed by atoms with Crippen molar-refractivity contribution in [2.45, 2.75) is 29.9 Å². The van der Waals surface area contributed by atoms with Crippen molar-refractivity contribution >= 4 is 10.0 Å². The van der Waals surface area contributed by atoms with Gasteiger partial charge in [-0.15, -0.1) is 0 Å². The maximum absolute atomic E-state index is 11.9. The van der Waals surface area contributed by atoms with E-state index in [1.54, 1.807) is 19.2 Å². The third-order valence-corrected chi connectivity index (χ3v) is 4.47. The van der Waals surface area contributed by atoms with E-state index in [9.17, 15) is 13.5 Å². The van der Waals surface area contributed by atoms with Crippen LogP contribution in [0.5, 0.6) is 5.75 Å². The number of phenols is 1. The molecule has 6 heteroatoms. The Labute approximate surface area is 100 Å². The Morgan fingerprint density at radius 3 is 2.59 bits per heavy atom. The Hall–Kier alpha value is -1.11. The van der Waals surface area contributed by atoms with Gasteiger partial charge in [0.05, 0.1) is 6.10 Å². The number of phenolic OH excluding ortho intramolecular Hbond substituents is 1. The average Bonchev–Trinajstić information content (AvgIpc) is 2.23. The maximum atomic E-state index is 11.9. The lowest BCUT2D eigenvalue weighted by Crippen LogP contribution is -2.47. The van der Waals surface area contributed by atoms with Gasteiger partial charge in [-0.25, -0.2) is 13.1 Å². The summed E-state index contributed by atoms with van der Waals surface area (Å²) in [5, 5.41) is 9.50. The van der Waals surface area contributed by atoms with Crippen LogP contribution in [0.25, 0.3) is 0 Å². The monoisotopic (exact) mass is 257 g/mol. The molecule has 0 saturated heterocycles. The van der Waals surface area contributed by atoms with Crippen LogP contribution in [-0.4, -0.2) is 32.8 Å². The highest BCUT2D eigenvalue weighted by Gasteiger charge is 2.33. The molecule has 2 N–H and O–H groups in total. The standard InChI is InChI=1S/C11H15NO4S/c1-16-9-6-8(7-9)12-17(14,15)11-5-3-2-4-10(11)13/h2-5,8-9,12-13H,6-7H2,1H3. The van der Waals surface area contributed by atoms with E-state index in [2.05, 4.69) is 4.72 Å². The number of nitrogens with one attached hydrogen (secondary N) is 1. The van der Waals surface area contributed by atoms with Crippen molar-refractivity contribution in [2.24, 2.45) is 0 Å². The number of hydrogen-bond donors (Lipinski definition) is 2. The van der Waals surface area contributed by atoms with Gasteiger partial charge in [-0.05, 0) is 25.0 Å². The molecule has 0 aliphatic heterocycles. The van der Waals surface area contributed by atoms with Gasteiger partial charge in [-0.2, -0.15) is 0 Å². The fourth-order valence-corrected chi connectivity index (χ4v) is 3.18. The van der Waals surface area contributed by atoms with Crippen molar-refractivity contribution in [1.29, 1.82) is 0 Å². The van der Waals surface area contributed by atoms with E-state index in [0.29, 0.717) is 12.8 Å². The van der Waals surface area contributed by atoms with Crippen molar-refractivity contribution in [3.63, 3.8) is 0 Å². The molecule has 1 aliphatic rings. The topological polar surface area (TPSA) is 75.6 Å². The van der Waals surface area contributed by atoms with Crippen LogP contribution in [0.2, 0.25) is 0 Å². The Morgan fingerprint density at radius 2 is 2.00 bits per heavy atom. The zero-order valence-electron chi connectivity index (χ0n) is 9.46. The van der Waals surface area contributed by atoms with Crippen molar-refractivity contribution in [3.8, 4) is 5.75 Å². The van der Waals surface area contributed by atoms with Crippen LogP contribution in [0.3, 0.4) is 0 Å². The predicted octanol–water partition coefficient (Wildman–Crippen LogP) is 0.848. The van der Waals surface area contributed by atoms with Crippen LogP contribution in [-0.2, 0) is 14.8 Å². The summed E-state index contributed by atoms with van der Waals surface area (Å²) in [6, 6.07) is 5.79. The molecule has 17 heavy (non-hydrogen) atoms. The first-order valence-electron chi connectivity index (χ1n) is 5.36. The zero-order valence-corrected chi connectivity index (χ0v) is 10.3. The Morgan fingerprint density at radius 1 is 1.35 bits per heavy atom. The number of aromatic hydroxyl groups is 1. The second-order valence-corrected chi connectivity index (χ2v) is 5.80. The highest BCUT2D eigenvalue weighted by atomic mass is 32.2. The van der Waals surface area contributed by atoms with Crippen LogP contribution < -0.4 is 4.72 Å². The van der Waals surface area contributed by atoms with Crippen molar-refractivity contribution < 1.29 is 18.3 Å². The lowest BCUT2D eigenvalue weighted by molar-refractivity contribution is 0.0236. The lowest BCUT2D eigenvalue weighted by Gasteiger charge is -2.34. The zero-order chi connectivity index (χ0) is 12.5. The normalized spacial score (nSPS) is 24.3. The van der Waals surface area contributed by atoms with Gasteiger partial charge < -0.3 is 9.84 Å². The third kappa shape index (κ3) is 2.59. The summed E-state index contributed by atoms with van der Waals surface area (Å²) in [7, 11) is -2.03. The second kappa shape index (κ2) is 4.64. The molecule has 1 saturated carbocycles. The fraction of sp³-hybridized carbons (Fsp3) is 0.455. The molecule has 0 spiro atoms. The molecule has 0 unspecified atom stereocenters. The highest BCUT2D eigenvalue weighted by Crippen LogP contribution is 2.27. The first-order valence-corrected chi connectivity index (χ1v) is 6.84. The van der Waals surface area contributed by atoms with Crippen molar-refractivity contribution in [2.75, 3.05) is 7.11 Å². The largest absolute Gasteiger partial charge is 0.507 e. The molecule has 0 radical (unpaired) electrons. The van der Waals surface area contributed by atoms with Gasteiger partial charge >= 0.3 is 0 Å². The van der Waals surface area contributed by atoms with E-state index in [0.717, 1.165) is 0 Å². The smallest absolute Gasteiger partial charge is 0.244 e. The summed E-state index contributed by atoms with van der Waals surface area (Å²) in [4.78, 5) is -0.0825. The van der Waals surface area contributed by atoms with Gasteiger partial charge in [0.15, 0.2) is 0 Å². The number of sulfonamides is 1. The number of benzene rings is 1. The van der Waals surface area contributed by atoms with Gasteiger partial charge in [-0.3, -0.25) is 0 Å². The first-order chi connectivity index (χ1) is 8.03. The van der Waals surface area contributed by atoms with Gasteiger partial charge in [0.2, 0.25) is 10.0 Å². The van der Waals surface area contributed by atoms with Gasteiger partial charge in [0.1, 0.15) is 10.6 Å². The summed E-state index contributed by atoms with van der Waals surface area (Å²) >= 11 is 0. The fourth-order valence-electron chi connectivity index (χ4n) is 1.82. The molecule has 5 nitrogen and oxygen atoms in total. The molecular weight excluding hydrogens is 242 g/mol. The maximum Gasteiger partial charge on any atom is 0.244 e. The van der Waals surface area contributed by atoms with E-state index in [1.807, 2.05) is 0 Å². The molecule has 0 heterocycles. The average molecular weight is 257 g/mol. The summed E-state index contributed by atoms with van der Waals surface area (Å²) in [5.74, 6) is -0.234. The van der Waals surface area contributed by atoms with Crippen LogP contribution >= 0.6 is 0 Å². The molecular formula is C11H15NO4S. The van der Waals surface area contributed by atoms with Crippen LogP contribution in [0, 0.1) is 0 Å². The number of rotatable bonds is 4. The highest BCUT2D eigenvalue weighted by molar-refractivity contribution is 7.89. The molecule has 0 bridgehead atoms. The molecule has 1 aromatic rings. The number of ether oxygens (including phenoxy) is 1. The molecule has 1 aromatic carbocycles. The predicted molar refractivity (Wildman–Crippen MR) is 62.2 cm³/mol. The van der Waals surface area contributed by atoms with Crippen molar-refractivity contribution in [3.05, 3.63) is 24.3 Å². The Bertz CT molecular complexity index is 494. The number of para-hydroxylation sites is 1. The van der Waals surface area contributed by atoms with Crippen LogP contribution in [0.15, 0.2) is 29.2 Å². The number of hydrogen-bond acceptors (Lipinski definition) is 4. The summed E-state index contributed by atoms with van der Waals surface area (Å²) < 4.78 is 31.5. The second-order valence-electron chi connectivity index (χ2n) is 4.12. The molecule has 0 aromatic heterocycles. The van der Waals surface area contributed by atoms with Gasteiger partial charge in [0, 0.05) is 13.2 Å². The quantitative estimate of drug-likeness (QED) is 0.838. The molecule has 0 atom stereocenters. The summed E-state index contributed by atoms with van der Waals surface area (Å²) in [6.45, 7) is 0. The minimum Gasteiger partial charge on any atom is -0.507 e. The van der Waals surface area contributed by atoms with E-state index < -0.39 is 10.0 Å². The SMILES string of the molecule is COC1CC(NS(=O)(=O)c2ccccc2O)C1. The molecule has 94 valence electrons. The Kier molecular flexibility index (Phi) is 3.37. The van der Waals surface area contributed by atoms with Crippen LogP contribution in [0.4, 0.5) is 0 Å². The first kappa shape index (κ1) is 12.3. The minimum absolute atomic E-state index is 0.0825. The van der Waals surface area contributed by atoms with E-state index in [4.69, 9.17) is 4.74 Å².